The summed E-state index contributed by atoms with van der Waals surface area (Å²) in [6.07, 6.45) is 0. The van der Waals surface area contributed by atoms with Crippen molar-refractivity contribution >= 4 is 56.4 Å². The molecule has 2 aromatic heterocycles. The predicted molar refractivity (Wildman–Crippen MR) is 128 cm³/mol. The Bertz CT molecular complexity index is 1270. The third-order valence-corrected chi connectivity index (χ3v) is 6.54. The van der Waals surface area contributed by atoms with E-state index in [0.717, 1.165) is 10.6 Å². The molecule has 7 nitrogen and oxygen atoms in total. The first-order chi connectivity index (χ1) is 15.4. The Morgan fingerprint density at radius 3 is 2.12 bits per heavy atom. The summed E-state index contributed by atoms with van der Waals surface area (Å²) in [5.41, 5.74) is 2.41. The molecule has 2 N–H and O–H groups in total. The normalized spacial score (nSPS) is 10.6. The van der Waals surface area contributed by atoms with Crippen LogP contribution in [0.2, 0.25) is 5.02 Å². The van der Waals surface area contributed by atoms with Crippen molar-refractivity contribution < 1.29 is 14.3 Å². The standard InChI is InChI=1S/C22H17ClN4O3S2/c1-12-18(32-22(24-12)27-20(29)14-5-9-16(30-2)10-6-14)17-11-31-21(25-17)26-19(28)13-3-7-15(23)8-4-13/h3-11H,1-2H3,(H,24,27,29)(H,25,26,28). The van der Waals surface area contributed by atoms with Gasteiger partial charge < -0.3 is 4.74 Å². The Kier molecular flexibility index (Phi) is 6.50. The molecule has 32 heavy (non-hydrogen) atoms. The first kappa shape index (κ1) is 21.9. The Morgan fingerprint density at radius 2 is 1.50 bits per heavy atom. The van der Waals surface area contributed by atoms with Crippen molar-refractivity contribution in [1.29, 1.82) is 0 Å². The van der Waals surface area contributed by atoms with E-state index in [1.54, 1.807) is 55.6 Å². The molecule has 0 aliphatic heterocycles. The highest BCUT2D eigenvalue weighted by molar-refractivity contribution is 7.20. The van der Waals surface area contributed by atoms with Gasteiger partial charge in [-0.2, -0.15) is 0 Å². The number of aromatic nitrogens is 2. The fraction of sp³-hybridized carbons (Fsp3) is 0.0909. The molecule has 4 aromatic rings. The number of nitrogens with zero attached hydrogens (tertiary/aromatic N) is 2. The summed E-state index contributed by atoms with van der Waals surface area (Å²) in [6, 6.07) is 13.4. The lowest BCUT2D eigenvalue weighted by Gasteiger charge is -2.03. The maximum absolute atomic E-state index is 12.5. The molecule has 0 atom stereocenters. The summed E-state index contributed by atoms with van der Waals surface area (Å²) in [7, 11) is 1.57. The molecule has 2 heterocycles. The molecule has 4 rings (SSSR count). The zero-order valence-corrected chi connectivity index (χ0v) is 19.4. The first-order valence-electron chi connectivity index (χ1n) is 9.38. The van der Waals surface area contributed by atoms with Crippen LogP contribution < -0.4 is 15.4 Å². The van der Waals surface area contributed by atoms with E-state index in [2.05, 4.69) is 20.6 Å². The fourth-order valence-corrected chi connectivity index (χ4v) is 4.62. The molecule has 0 unspecified atom stereocenters. The number of amides is 2. The van der Waals surface area contributed by atoms with E-state index in [9.17, 15) is 9.59 Å². The lowest BCUT2D eigenvalue weighted by atomic mass is 10.2. The van der Waals surface area contributed by atoms with Crippen LogP contribution in [0, 0.1) is 6.92 Å². The minimum absolute atomic E-state index is 0.262. The van der Waals surface area contributed by atoms with E-state index in [-0.39, 0.29) is 11.8 Å². The first-order valence-corrected chi connectivity index (χ1v) is 11.5. The molecule has 0 saturated carbocycles. The second-order valence-electron chi connectivity index (χ2n) is 6.62. The Morgan fingerprint density at radius 1 is 0.906 bits per heavy atom. The van der Waals surface area contributed by atoms with Gasteiger partial charge in [-0.3, -0.25) is 20.2 Å². The number of hydrogen-bond acceptors (Lipinski definition) is 7. The number of thiazole rings is 2. The van der Waals surface area contributed by atoms with Crippen LogP contribution in [-0.4, -0.2) is 28.9 Å². The van der Waals surface area contributed by atoms with E-state index in [1.165, 1.54) is 22.7 Å². The molecule has 0 aliphatic rings. The Labute approximate surface area is 197 Å². The molecule has 10 heteroatoms. The van der Waals surface area contributed by atoms with Gasteiger partial charge in [0.15, 0.2) is 10.3 Å². The summed E-state index contributed by atoms with van der Waals surface area (Å²) < 4.78 is 5.11. The van der Waals surface area contributed by atoms with Gasteiger partial charge in [-0.15, -0.1) is 11.3 Å². The van der Waals surface area contributed by atoms with Crippen LogP contribution in [-0.2, 0) is 0 Å². The summed E-state index contributed by atoms with van der Waals surface area (Å²) in [5, 5.41) is 8.94. The number of carbonyl (C=O) groups is 2. The minimum Gasteiger partial charge on any atom is -0.497 e. The number of hydrogen-bond donors (Lipinski definition) is 2. The Balaban J connectivity index is 1.45. The van der Waals surface area contributed by atoms with Gasteiger partial charge >= 0.3 is 0 Å². The molecule has 2 amide bonds. The summed E-state index contributed by atoms with van der Waals surface area (Å²) in [5.74, 6) is 0.148. The lowest BCUT2D eigenvalue weighted by Crippen LogP contribution is -2.11. The van der Waals surface area contributed by atoms with E-state index in [1.807, 2.05) is 12.3 Å². The highest BCUT2D eigenvalue weighted by Crippen LogP contribution is 2.34. The van der Waals surface area contributed by atoms with Gasteiger partial charge in [0.1, 0.15) is 5.75 Å². The van der Waals surface area contributed by atoms with Crippen LogP contribution in [0.5, 0.6) is 5.75 Å². The maximum atomic E-state index is 12.5. The van der Waals surface area contributed by atoms with Crippen molar-refractivity contribution in [2.75, 3.05) is 17.7 Å². The second-order valence-corrected chi connectivity index (χ2v) is 8.91. The van der Waals surface area contributed by atoms with E-state index in [4.69, 9.17) is 16.3 Å². The van der Waals surface area contributed by atoms with Crippen molar-refractivity contribution in [2.45, 2.75) is 6.92 Å². The summed E-state index contributed by atoms with van der Waals surface area (Å²) in [6.45, 7) is 1.85. The number of methoxy groups -OCH3 is 1. The van der Waals surface area contributed by atoms with Crippen LogP contribution in [0.1, 0.15) is 26.4 Å². The third-order valence-electron chi connectivity index (χ3n) is 4.43. The molecule has 0 spiro atoms. The highest BCUT2D eigenvalue weighted by atomic mass is 35.5. The number of nitrogens with one attached hydrogen (secondary N) is 2. The number of benzene rings is 2. The molecule has 0 bridgehead atoms. The van der Waals surface area contributed by atoms with Gasteiger partial charge in [-0.05, 0) is 55.5 Å². The van der Waals surface area contributed by atoms with Gasteiger partial charge in [-0.1, -0.05) is 22.9 Å². The van der Waals surface area contributed by atoms with Crippen LogP contribution in [0.3, 0.4) is 0 Å². The molecular weight excluding hydrogens is 468 g/mol. The largest absolute Gasteiger partial charge is 0.497 e. The highest BCUT2D eigenvalue weighted by Gasteiger charge is 2.16. The van der Waals surface area contributed by atoms with Gasteiger partial charge in [0.05, 0.1) is 23.4 Å². The van der Waals surface area contributed by atoms with Crippen LogP contribution in [0.15, 0.2) is 53.9 Å². The van der Waals surface area contributed by atoms with Crippen LogP contribution >= 0.6 is 34.3 Å². The fourth-order valence-electron chi connectivity index (χ4n) is 2.81. The van der Waals surface area contributed by atoms with Gasteiger partial charge in [0.2, 0.25) is 0 Å². The molecular formula is C22H17ClN4O3S2. The van der Waals surface area contributed by atoms with Crippen LogP contribution in [0.25, 0.3) is 10.6 Å². The van der Waals surface area contributed by atoms with Gasteiger partial charge in [0.25, 0.3) is 11.8 Å². The average molecular weight is 485 g/mol. The lowest BCUT2D eigenvalue weighted by molar-refractivity contribution is 0.101. The number of carbonyl (C=O) groups excluding carboxylic acids is 2. The number of anilines is 2. The maximum Gasteiger partial charge on any atom is 0.257 e. The summed E-state index contributed by atoms with van der Waals surface area (Å²) >= 11 is 8.50. The molecule has 2 aromatic carbocycles. The van der Waals surface area contributed by atoms with Crippen molar-refractivity contribution in [2.24, 2.45) is 0 Å². The SMILES string of the molecule is COc1ccc(C(=O)Nc2nc(C)c(-c3csc(NC(=O)c4ccc(Cl)cc4)n3)s2)cc1. The topological polar surface area (TPSA) is 93.2 Å². The van der Waals surface area contributed by atoms with Crippen molar-refractivity contribution in [3.63, 3.8) is 0 Å². The smallest absolute Gasteiger partial charge is 0.257 e. The monoisotopic (exact) mass is 484 g/mol. The summed E-state index contributed by atoms with van der Waals surface area (Å²) in [4.78, 5) is 34.6. The van der Waals surface area contributed by atoms with E-state index >= 15 is 0 Å². The quantitative estimate of drug-likeness (QED) is 0.364. The van der Waals surface area contributed by atoms with Gasteiger partial charge in [-0.25, -0.2) is 9.97 Å². The van der Waals surface area contributed by atoms with Crippen molar-refractivity contribution in [3.8, 4) is 16.3 Å². The van der Waals surface area contributed by atoms with E-state index < -0.39 is 0 Å². The minimum atomic E-state index is -0.268. The van der Waals surface area contributed by atoms with Gasteiger partial charge in [0, 0.05) is 21.5 Å². The molecule has 0 fully saturated rings. The molecule has 162 valence electrons. The van der Waals surface area contributed by atoms with Crippen molar-refractivity contribution in [3.05, 3.63) is 75.8 Å². The molecule has 0 radical (unpaired) electrons. The van der Waals surface area contributed by atoms with Crippen molar-refractivity contribution in [1.82, 2.24) is 9.97 Å². The number of rotatable bonds is 6. The molecule has 0 saturated heterocycles. The van der Waals surface area contributed by atoms with Crippen LogP contribution in [0.4, 0.5) is 10.3 Å². The predicted octanol–water partition coefficient (Wildman–Crippen LogP) is 5.74. The zero-order valence-electron chi connectivity index (χ0n) is 17.0. The third kappa shape index (κ3) is 4.96. The second kappa shape index (κ2) is 9.47. The van der Waals surface area contributed by atoms with E-state index in [0.29, 0.717) is 37.9 Å². The number of ether oxygens (including phenoxy) is 1. The molecule has 0 aliphatic carbocycles. The Hall–Kier alpha value is -3.27. The zero-order chi connectivity index (χ0) is 22.7. The number of aryl methyl sites for hydroxylation is 1. The number of halogens is 1. The average Bonchev–Trinajstić information content (AvgIpc) is 3.40.